The Bertz CT molecular complexity index is 348. The number of anilines is 1. The second-order valence-electron chi connectivity index (χ2n) is 4.32. The molecule has 88 valence electrons. The first-order chi connectivity index (χ1) is 7.81. The molecule has 1 fully saturated rings. The van der Waals surface area contributed by atoms with Crippen molar-refractivity contribution in [3.8, 4) is 0 Å². The van der Waals surface area contributed by atoms with Gasteiger partial charge in [-0.2, -0.15) is 0 Å². The highest BCUT2D eigenvalue weighted by molar-refractivity contribution is 6.31. The van der Waals surface area contributed by atoms with Gasteiger partial charge in [-0.3, -0.25) is 0 Å². The molecule has 0 aliphatic heterocycles. The van der Waals surface area contributed by atoms with Gasteiger partial charge >= 0.3 is 0 Å². The van der Waals surface area contributed by atoms with Crippen LogP contribution in [0, 0.1) is 0 Å². The van der Waals surface area contributed by atoms with E-state index < -0.39 is 0 Å². The molecule has 1 aliphatic rings. The first-order valence-electron chi connectivity index (χ1n) is 5.84. The lowest BCUT2D eigenvalue weighted by atomic mass is 10.1. The molecule has 0 radical (unpaired) electrons. The molecule has 0 unspecified atom stereocenters. The molecule has 3 heteroatoms. The van der Waals surface area contributed by atoms with E-state index >= 15 is 0 Å². The summed E-state index contributed by atoms with van der Waals surface area (Å²) in [4.78, 5) is 0. The molecule has 0 bridgehead atoms. The van der Waals surface area contributed by atoms with Crippen molar-refractivity contribution in [3.63, 3.8) is 0 Å². The van der Waals surface area contributed by atoms with Crippen LogP contribution in [0.3, 0.4) is 0 Å². The van der Waals surface area contributed by atoms with Crippen molar-refractivity contribution in [3.05, 3.63) is 28.8 Å². The summed E-state index contributed by atoms with van der Waals surface area (Å²) in [6.45, 7) is 0.564. The molecule has 1 saturated carbocycles. The summed E-state index contributed by atoms with van der Waals surface area (Å²) in [5.74, 6) is 0. The zero-order chi connectivity index (χ0) is 11.4. The second-order valence-corrected chi connectivity index (χ2v) is 4.73. The maximum atomic E-state index is 6.17. The van der Waals surface area contributed by atoms with E-state index in [2.05, 4.69) is 11.4 Å². The molecule has 1 aromatic carbocycles. The molecular weight excluding hydrogens is 222 g/mol. The number of hydrogen-bond acceptors (Lipinski definition) is 2. The molecule has 0 spiro atoms. The molecule has 2 rings (SSSR count). The minimum absolute atomic E-state index is 0.564. The van der Waals surface area contributed by atoms with Gasteiger partial charge in [0.1, 0.15) is 0 Å². The zero-order valence-corrected chi connectivity index (χ0v) is 10.4. The van der Waals surface area contributed by atoms with Gasteiger partial charge < -0.3 is 10.1 Å². The molecule has 0 amide bonds. The maximum absolute atomic E-state index is 6.17. The Hall–Kier alpha value is -0.730. The predicted octanol–water partition coefficient (Wildman–Crippen LogP) is 3.84. The molecule has 1 N–H and O–H groups in total. The van der Waals surface area contributed by atoms with E-state index in [0.29, 0.717) is 12.6 Å². The van der Waals surface area contributed by atoms with Crippen LogP contribution in [0.1, 0.15) is 31.2 Å². The highest BCUT2D eigenvalue weighted by Crippen LogP contribution is 2.28. The van der Waals surface area contributed by atoms with E-state index in [-0.39, 0.29) is 0 Å². The molecule has 2 nitrogen and oxygen atoms in total. The van der Waals surface area contributed by atoms with Gasteiger partial charge in [0.15, 0.2) is 0 Å². The minimum Gasteiger partial charge on any atom is -0.382 e. The van der Waals surface area contributed by atoms with Crippen LogP contribution in [0.15, 0.2) is 18.2 Å². The Labute approximate surface area is 102 Å². The normalized spacial score (nSPS) is 16.6. The van der Waals surface area contributed by atoms with Gasteiger partial charge in [-0.1, -0.05) is 30.5 Å². The van der Waals surface area contributed by atoms with Crippen LogP contribution in [0.25, 0.3) is 0 Å². The number of methoxy groups -OCH3 is 1. The van der Waals surface area contributed by atoms with Gasteiger partial charge in [0, 0.05) is 29.4 Å². The molecular formula is C13H18ClNO. The molecule has 0 aromatic heterocycles. The number of hydrogen-bond donors (Lipinski definition) is 1. The highest BCUT2D eigenvalue weighted by Gasteiger charge is 2.16. The fourth-order valence-corrected chi connectivity index (χ4v) is 2.50. The summed E-state index contributed by atoms with van der Waals surface area (Å²) in [7, 11) is 1.70. The average Bonchev–Trinajstić information content (AvgIpc) is 2.76. The Morgan fingerprint density at radius 1 is 1.38 bits per heavy atom. The molecule has 1 aliphatic carbocycles. The third-order valence-corrected chi connectivity index (χ3v) is 3.48. The Morgan fingerprint density at radius 3 is 2.81 bits per heavy atom. The first-order valence-corrected chi connectivity index (χ1v) is 6.22. The maximum Gasteiger partial charge on any atom is 0.0747 e. The van der Waals surface area contributed by atoms with Crippen molar-refractivity contribution in [2.45, 2.75) is 38.3 Å². The minimum atomic E-state index is 0.564. The fourth-order valence-electron chi connectivity index (χ4n) is 2.27. The summed E-state index contributed by atoms with van der Waals surface area (Å²) < 4.78 is 5.19. The van der Waals surface area contributed by atoms with Gasteiger partial charge in [-0.25, -0.2) is 0 Å². The number of rotatable bonds is 4. The molecule has 0 saturated heterocycles. The van der Waals surface area contributed by atoms with Crippen molar-refractivity contribution in [2.75, 3.05) is 12.4 Å². The van der Waals surface area contributed by atoms with Crippen molar-refractivity contribution in [1.29, 1.82) is 0 Å². The Morgan fingerprint density at radius 2 is 2.12 bits per heavy atom. The SMILES string of the molecule is COCc1c(Cl)cccc1NC1CCCC1. The van der Waals surface area contributed by atoms with Crippen molar-refractivity contribution in [1.82, 2.24) is 0 Å². The standard InChI is InChI=1S/C13H18ClNO/c1-16-9-11-12(14)7-4-8-13(11)15-10-5-2-3-6-10/h4,7-8,10,15H,2-3,5-6,9H2,1H3. The van der Waals surface area contributed by atoms with E-state index in [9.17, 15) is 0 Å². The fraction of sp³-hybridized carbons (Fsp3) is 0.538. The van der Waals surface area contributed by atoms with Crippen molar-refractivity contribution < 1.29 is 4.74 Å². The predicted molar refractivity (Wildman–Crippen MR) is 68.0 cm³/mol. The lowest BCUT2D eigenvalue weighted by Gasteiger charge is -2.17. The number of halogens is 1. The molecule has 0 heterocycles. The van der Waals surface area contributed by atoms with Crippen LogP contribution < -0.4 is 5.32 Å². The topological polar surface area (TPSA) is 21.3 Å². The lowest BCUT2D eigenvalue weighted by Crippen LogP contribution is -2.16. The zero-order valence-electron chi connectivity index (χ0n) is 9.63. The summed E-state index contributed by atoms with van der Waals surface area (Å²) >= 11 is 6.17. The van der Waals surface area contributed by atoms with Crippen LogP contribution in [-0.4, -0.2) is 13.2 Å². The first kappa shape index (κ1) is 11.7. The average molecular weight is 240 g/mol. The molecule has 1 aromatic rings. The van der Waals surface area contributed by atoms with Crippen molar-refractivity contribution in [2.24, 2.45) is 0 Å². The van der Waals surface area contributed by atoms with Crippen LogP contribution >= 0.6 is 11.6 Å². The van der Waals surface area contributed by atoms with Crippen LogP contribution in [0.5, 0.6) is 0 Å². The molecule has 16 heavy (non-hydrogen) atoms. The van der Waals surface area contributed by atoms with Crippen molar-refractivity contribution >= 4 is 17.3 Å². The van der Waals surface area contributed by atoms with Crippen LogP contribution in [0.4, 0.5) is 5.69 Å². The summed E-state index contributed by atoms with van der Waals surface area (Å²) in [6, 6.07) is 6.58. The van der Waals surface area contributed by atoms with Gasteiger partial charge in [-0.15, -0.1) is 0 Å². The van der Waals surface area contributed by atoms with E-state index in [1.807, 2.05) is 12.1 Å². The Kier molecular flexibility index (Phi) is 4.08. The second kappa shape index (κ2) is 5.55. The quantitative estimate of drug-likeness (QED) is 0.862. The van der Waals surface area contributed by atoms with E-state index in [1.165, 1.54) is 25.7 Å². The van der Waals surface area contributed by atoms with E-state index in [0.717, 1.165) is 16.3 Å². The monoisotopic (exact) mass is 239 g/mol. The van der Waals surface area contributed by atoms with Gasteiger partial charge in [0.2, 0.25) is 0 Å². The third kappa shape index (κ3) is 2.69. The summed E-state index contributed by atoms with van der Waals surface area (Å²) in [5.41, 5.74) is 2.19. The highest BCUT2D eigenvalue weighted by atomic mass is 35.5. The summed E-state index contributed by atoms with van der Waals surface area (Å²) in [5, 5.41) is 4.35. The van der Waals surface area contributed by atoms with Crippen LogP contribution in [0.2, 0.25) is 5.02 Å². The van der Waals surface area contributed by atoms with Gasteiger partial charge in [0.25, 0.3) is 0 Å². The summed E-state index contributed by atoms with van der Waals surface area (Å²) in [6.07, 6.45) is 5.19. The number of benzene rings is 1. The largest absolute Gasteiger partial charge is 0.382 e. The Balaban J connectivity index is 2.14. The smallest absolute Gasteiger partial charge is 0.0747 e. The van der Waals surface area contributed by atoms with E-state index in [1.54, 1.807) is 7.11 Å². The van der Waals surface area contributed by atoms with Gasteiger partial charge in [-0.05, 0) is 25.0 Å². The number of nitrogens with one attached hydrogen (secondary N) is 1. The third-order valence-electron chi connectivity index (χ3n) is 3.12. The number of ether oxygens (including phenoxy) is 1. The van der Waals surface area contributed by atoms with Crippen LogP contribution in [-0.2, 0) is 11.3 Å². The lowest BCUT2D eigenvalue weighted by molar-refractivity contribution is 0.185. The van der Waals surface area contributed by atoms with Gasteiger partial charge in [0.05, 0.1) is 6.61 Å². The van der Waals surface area contributed by atoms with E-state index in [4.69, 9.17) is 16.3 Å². The molecule has 0 atom stereocenters.